The highest BCUT2D eigenvalue weighted by atomic mass is 32.1. The van der Waals surface area contributed by atoms with Gasteiger partial charge in [0, 0.05) is 55.1 Å². The standard InChI is InChI=1S/C16H19N5S/c1-17-7-13-11-22-15-10-20(5-3-14(13)15)8-12-6-18-16-2-4-19-21(16)9-12/h2,4,6,9,11,17H,3,5,7-8,10H2,1H3. The number of thiophene rings is 1. The second-order valence-corrected chi connectivity index (χ2v) is 6.71. The Morgan fingerprint density at radius 2 is 2.36 bits per heavy atom. The van der Waals surface area contributed by atoms with Crippen LogP contribution in [0.25, 0.3) is 5.65 Å². The van der Waals surface area contributed by atoms with Crippen molar-refractivity contribution >= 4 is 17.0 Å². The smallest absolute Gasteiger partial charge is 0.154 e. The van der Waals surface area contributed by atoms with Crippen molar-refractivity contribution in [3.05, 3.63) is 51.6 Å². The topological polar surface area (TPSA) is 45.5 Å². The molecule has 4 rings (SSSR count). The average molecular weight is 313 g/mol. The van der Waals surface area contributed by atoms with Crippen LogP contribution >= 0.6 is 11.3 Å². The molecule has 22 heavy (non-hydrogen) atoms. The van der Waals surface area contributed by atoms with Gasteiger partial charge in [-0.05, 0) is 30.0 Å². The van der Waals surface area contributed by atoms with Crippen LogP contribution in [0.2, 0.25) is 0 Å². The maximum atomic E-state index is 4.45. The number of aromatic nitrogens is 3. The maximum absolute atomic E-state index is 4.45. The van der Waals surface area contributed by atoms with Crippen molar-refractivity contribution in [2.45, 2.75) is 26.1 Å². The Balaban J connectivity index is 1.50. The van der Waals surface area contributed by atoms with E-state index in [1.54, 1.807) is 11.8 Å². The molecule has 1 N–H and O–H groups in total. The first-order valence-corrected chi connectivity index (χ1v) is 8.45. The molecule has 4 heterocycles. The van der Waals surface area contributed by atoms with Crippen molar-refractivity contribution in [2.75, 3.05) is 13.6 Å². The summed E-state index contributed by atoms with van der Waals surface area (Å²) >= 11 is 1.90. The second-order valence-electron chi connectivity index (χ2n) is 5.75. The zero-order valence-electron chi connectivity index (χ0n) is 12.6. The van der Waals surface area contributed by atoms with Crippen molar-refractivity contribution in [1.82, 2.24) is 24.8 Å². The Morgan fingerprint density at radius 3 is 3.27 bits per heavy atom. The number of hydrogen-bond acceptors (Lipinski definition) is 5. The molecule has 3 aromatic heterocycles. The molecule has 0 aliphatic carbocycles. The van der Waals surface area contributed by atoms with E-state index >= 15 is 0 Å². The van der Waals surface area contributed by atoms with Gasteiger partial charge in [0.1, 0.15) is 0 Å². The Morgan fingerprint density at radius 1 is 1.41 bits per heavy atom. The summed E-state index contributed by atoms with van der Waals surface area (Å²) in [4.78, 5) is 8.46. The van der Waals surface area contributed by atoms with E-state index in [1.165, 1.54) is 16.0 Å². The Hall–Kier alpha value is -1.76. The number of hydrogen-bond donors (Lipinski definition) is 1. The lowest BCUT2D eigenvalue weighted by Crippen LogP contribution is -2.29. The van der Waals surface area contributed by atoms with Gasteiger partial charge in [-0.15, -0.1) is 11.3 Å². The lowest BCUT2D eigenvalue weighted by atomic mass is 10.0. The molecule has 0 aromatic carbocycles. The molecule has 0 saturated carbocycles. The number of nitrogens with zero attached hydrogens (tertiary/aromatic N) is 4. The lowest BCUT2D eigenvalue weighted by molar-refractivity contribution is 0.247. The monoisotopic (exact) mass is 313 g/mol. The van der Waals surface area contributed by atoms with Crippen LogP contribution in [0.3, 0.4) is 0 Å². The van der Waals surface area contributed by atoms with Gasteiger partial charge in [-0.3, -0.25) is 4.90 Å². The fourth-order valence-corrected chi connectivity index (χ4v) is 4.25. The van der Waals surface area contributed by atoms with E-state index in [1.807, 2.05) is 35.2 Å². The molecular formula is C16H19N5S. The number of nitrogens with one attached hydrogen (secondary N) is 1. The van der Waals surface area contributed by atoms with Crippen LogP contribution in [0.5, 0.6) is 0 Å². The SMILES string of the molecule is CNCc1csc2c1CCN(Cc1cnc3ccnn3c1)C2. The molecule has 0 bridgehead atoms. The quantitative estimate of drug-likeness (QED) is 0.801. The van der Waals surface area contributed by atoms with Gasteiger partial charge in [-0.1, -0.05) is 0 Å². The van der Waals surface area contributed by atoms with Crippen LogP contribution in [-0.4, -0.2) is 33.1 Å². The minimum atomic E-state index is 0.902. The van der Waals surface area contributed by atoms with Crippen molar-refractivity contribution in [2.24, 2.45) is 0 Å². The zero-order valence-corrected chi connectivity index (χ0v) is 13.4. The van der Waals surface area contributed by atoms with Gasteiger partial charge in [0.05, 0.1) is 6.20 Å². The van der Waals surface area contributed by atoms with Gasteiger partial charge in [0.2, 0.25) is 0 Å². The van der Waals surface area contributed by atoms with Crippen LogP contribution in [0, 0.1) is 0 Å². The summed E-state index contributed by atoms with van der Waals surface area (Å²) in [6, 6.07) is 1.92. The number of rotatable bonds is 4. The predicted molar refractivity (Wildman–Crippen MR) is 87.9 cm³/mol. The molecule has 5 nitrogen and oxygen atoms in total. The van der Waals surface area contributed by atoms with Crippen LogP contribution in [-0.2, 0) is 26.1 Å². The normalized spacial score (nSPS) is 15.3. The van der Waals surface area contributed by atoms with E-state index in [2.05, 4.69) is 31.9 Å². The van der Waals surface area contributed by atoms with E-state index in [0.29, 0.717) is 0 Å². The highest BCUT2D eigenvalue weighted by Crippen LogP contribution is 2.29. The van der Waals surface area contributed by atoms with Crippen LogP contribution < -0.4 is 5.32 Å². The third-order valence-electron chi connectivity index (χ3n) is 4.19. The highest BCUT2D eigenvalue weighted by Gasteiger charge is 2.20. The Kier molecular flexibility index (Phi) is 3.65. The summed E-state index contributed by atoms with van der Waals surface area (Å²) < 4.78 is 1.85. The van der Waals surface area contributed by atoms with Crippen molar-refractivity contribution in [3.63, 3.8) is 0 Å². The van der Waals surface area contributed by atoms with E-state index in [0.717, 1.165) is 38.2 Å². The van der Waals surface area contributed by atoms with Gasteiger partial charge in [0.25, 0.3) is 0 Å². The molecule has 0 saturated heterocycles. The molecule has 1 aliphatic heterocycles. The molecule has 0 fully saturated rings. The molecule has 3 aromatic rings. The first kappa shape index (κ1) is 13.9. The van der Waals surface area contributed by atoms with E-state index in [9.17, 15) is 0 Å². The first-order chi connectivity index (χ1) is 10.8. The fourth-order valence-electron chi connectivity index (χ4n) is 3.11. The third-order valence-corrected chi connectivity index (χ3v) is 5.25. The molecule has 6 heteroatoms. The summed E-state index contributed by atoms with van der Waals surface area (Å²) in [5.74, 6) is 0. The summed E-state index contributed by atoms with van der Waals surface area (Å²) in [6.45, 7) is 4.06. The van der Waals surface area contributed by atoms with Crippen molar-refractivity contribution in [3.8, 4) is 0 Å². The Bertz CT molecular complexity index is 791. The maximum Gasteiger partial charge on any atom is 0.154 e. The summed E-state index contributed by atoms with van der Waals surface area (Å²) in [7, 11) is 2.01. The summed E-state index contributed by atoms with van der Waals surface area (Å²) in [6.07, 6.45) is 6.98. The molecule has 0 atom stereocenters. The first-order valence-electron chi connectivity index (χ1n) is 7.57. The molecule has 0 unspecified atom stereocenters. The molecule has 0 radical (unpaired) electrons. The van der Waals surface area contributed by atoms with Gasteiger partial charge >= 0.3 is 0 Å². The molecule has 1 aliphatic rings. The van der Waals surface area contributed by atoms with Crippen LogP contribution in [0.15, 0.2) is 30.0 Å². The van der Waals surface area contributed by atoms with Gasteiger partial charge < -0.3 is 5.32 Å². The summed E-state index contributed by atoms with van der Waals surface area (Å²) in [5.41, 5.74) is 5.16. The van der Waals surface area contributed by atoms with Crippen molar-refractivity contribution in [1.29, 1.82) is 0 Å². The largest absolute Gasteiger partial charge is 0.316 e. The van der Waals surface area contributed by atoms with Crippen LogP contribution in [0.1, 0.15) is 21.6 Å². The Labute approximate surface area is 133 Å². The van der Waals surface area contributed by atoms with E-state index in [4.69, 9.17) is 0 Å². The predicted octanol–water partition coefficient (Wildman–Crippen LogP) is 2.07. The fraction of sp³-hybridized carbons (Fsp3) is 0.375. The van der Waals surface area contributed by atoms with E-state index < -0.39 is 0 Å². The number of fused-ring (bicyclic) bond motifs is 2. The molecular weight excluding hydrogens is 294 g/mol. The van der Waals surface area contributed by atoms with Gasteiger partial charge in [-0.25, -0.2) is 9.50 Å². The highest BCUT2D eigenvalue weighted by molar-refractivity contribution is 7.10. The molecule has 0 amide bonds. The van der Waals surface area contributed by atoms with E-state index in [-0.39, 0.29) is 0 Å². The minimum absolute atomic E-state index is 0.902. The molecule has 0 spiro atoms. The molecule has 114 valence electrons. The van der Waals surface area contributed by atoms with Crippen molar-refractivity contribution < 1.29 is 0 Å². The third kappa shape index (κ3) is 2.54. The van der Waals surface area contributed by atoms with Gasteiger partial charge in [0.15, 0.2) is 5.65 Å². The van der Waals surface area contributed by atoms with Gasteiger partial charge in [-0.2, -0.15) is 5.10 Å². The average Bonchev–Trinajstić information content (AvgIpc) is 3.14. The summed E-state index contributed by atoms with van der Waals surface area (Å²) in [5, 5.41) is 9.83. The van der Waals surface area contributed by atoms with Crippen LogP contribution in [0.4, 0.5) is 0 Å². The zero-order chi connectivity index (χ0) is 14.9. The second kappa shape index (κ2) is 5.79. The lowest BCUT2D eigenvalue weighted by Gasteiger charge is -2.27. The minimum Gasteiger partial charge on any atom is -0.316 e.